The molecular weight excluding hydrogens is 358 g/mol. The molecule has 1 amide bonds. The molecule has 0 unspecified atom stereocenters. The van der Waals surface area contributed by atoms with Crippen molar-refractivity contribution in [3.63, 3.8) is 0 Å². The van der Waals surface area contributed by atoms with Gasteiger partial charge in [-0.1, -0.05) is 32.1 Å². The molecule has 146 valence electrons. The van der Waals surface area contributed by atoms with Crippen LogP contribution in [0.15, 0.2) is 4.79 Å². The summed E-state index contributed by atoms with van der Waals surface area (Å²) in [5.74, 6) is 0.715. The van der Waals surface area contributed by atoms with Crippen molar-refractivity contribution in [2.75, 3.05) is 0 Å². The second-order valence-corrected chi connectivity index (χ2v) is 9.10. The fourth-order valence-corrected chi connectivity index (χ4v) is 5.74. The average Bonchev–Trinajstić information content (AvgIpc) is 3.01. The largest absolute Gasteiger partial charge is 0.353 e. The Morgan fingerprint density at radius 1 is 1.07 bits per heavy atom. The summed E-state index contributed by atoms with van der Waals surface area (Å²) >= 11 is 1.66. The lowest BCUT2D eigenvalue weighted by Crippen LogP contribution is -2.35. The van der Waals surface area contributed by atoms with Crippen LogP contribution < -0.4 is 10.9 Å². The molecule has 2 aliphatic rings. The smallest absolute Gasteiger partial charge is 0.259 e. The van der Waals surface area contributed by atoms with Crippen LogP contribution in [-0.4, -0.2) is 21.9 Å². The number of amides is 1. The van der Waals surface area contributed by atoms with Crippen LogP contribution in [-0.2, 0) is 24.1 Å². The highest BCUT2D eigenvalue weighted by atomic mass is 32.1. The topological polar surface area (TPSA) is 74.8 Å². The van der Waals surface area contributed by atoms with E-state index in [4.69, 9.17) is 0 Å². The summed E-state index contributed by atoms with van der Waals surface area (Å²) in [7, 11) is 0. The van der Waals surface area contributed by atoms with Gasteiger partial charge in [0.2, 0.25) is 5.91 Å². The number of rotatable bonds is 4. The lowest BCUT2D eigenvalue weighted by Gasteiger charge is -2.21. The first-order valence-corrected chi connectivity index (χ1v) is 11.3. The van der Waals surface area contributed by atoms with Gasteiger partial charge in [0.25, 0.3) is 5.56 Å². The van der Waals surface area contributed by atoms with Crippen molar-refractivity contribution in [1.82, 2.24) is 15.3 Å². The van der Waals surface area contributed by atoms with Crippen LogP contribution in [0.4, 0.5) is 0 Å². The molecule has 2 aromatic heterocycles. The molecule has 4 rings (SSSR count). The minimum atomic E-state index is -0.0326. The van der Waals surface area contributed by atoms with Crippen LogP contribution in [0.2, 0.25) is 0 Å². The molecule has 2 heterocycles. The first-order chi connectivity index (χ1) is 13.2. The summed E-state index contributed by atoms with van der Waals surface area (Å²) in [4.78, 5) is 34.7. The number of nitrogens with one attached hydrogen (secondary N) is 2. The number of aryl methyl sites for hydroxylation is 3. The van der Waals surface area contributed by atoms with E-state index in [0.717, 1.165) is 42.3 Å². The van der Waals surface area contributed by atoms with E-state index < -0.39 is 0 Å². The van der Waals surface area contributed by atoms with Gasteiger partial charge in [0, 0.05) is 23.8 Å². The highest BCUT2D eigenvalue weighted by molar-refractivity contribution is 7.18. The van der Waals surface area contributed by atoms with Crippen molar-refractivity contribution < 1.29 is 4.79 Å². The predicted molar refractivity (Wildman–Crippen MR) is 109 cm³/mol. The molecule has 5 nitrogen and oxygen atoms in total. The molecule has 0 saturated heterocycles. The third kappa shape index (κ3) is 4.42. The zero-order valence-corrected chi connectivity index (χ0v) is 16.8. The lowest BCUT2D eigenvalue weighted by atomic mass is 9.96. The van der Waals surface area contributed by atoms with Gasteiger partial charge >= 0.3 is 0 Å². The number of aromatic nitrogens is 2. The van der Waals surface area contributed by atoms with E-state index in [1.54, 1.807) is 11.3 Å². The molecule has 6 heteroatoms. The summed E-state index contributed by atoms with van der Waals surface area (Å²) in [5, 5.41) is 3.98. The summed E-state index contributed by atoms with van der Waals surface area (Å²) in [5.41, 5.74) is 1.18. The van der Waals surface area contributed by atoms with Crippen molar-refractivity contribution in [2.45, 2.75) is 89.5 Å². The van der Waals surface area contributed by atoms with Crippen LogP contribution in [0.1, 0.15) is 80.5 Å². The van der Waals surface area contributed by atoms with Gasteiger partial charge in [-0.05, 0) is 44.1 Å². The molecule has 0 aliphatic heterocycles. The second kappa shape index (κ2) is 8.55. The maximum Gasteiger partial charge on any atom is 0.259 e. The fourth-order valence-electron chi connectivity index (χ4n) is 4.46. The Morgan fingerprint density at radius 2 is 1.81 bits per heavy atom. The lowest BCUT2D eigenvalue weighted by molar-refractivity contribution is -0.121. The van der Waals surface area contributed by atoms with Crippen molar-refractivity contribution >= 4 is 27.5 Å². The number of fused-ring (bicyclic) bond motifs is 3. The van der Waals surface area contributed by atoms with Gasteiger partial charge in [0.05, 0.1) is 5.39 Å². The highest BCUT2D eigenvalue weighted by Gasteiger charge is 2.20. The van der Waals surface area contributed by atoms with Crippen LogP contribution in [0, 0.1) is 0 Å². The van der Waals surface area contributed by atoms with Gasteiger partial charge in [-0.25, -0.2) is 4.98 Å². The molecule has 0 radical (unpaired) electrons. The Bertz CT molecular complexity index is 862. The Labute approximate surface area is 164 Å². The number of carbonyl (C=O) groups is 1. The Kier molecular flexibility index (Phi) is 5.91. The van der Waals surface area contributed by atoms with Crippen LogP contribution >= 0.6 is 11.3 Å². The van der Waals surface area contributed by atoms with Gasteiger partial charge < -0.3 is 10.3 Å². The van der Waals surface area contributed by atoms with Crippen LogP contribution in [0.3, 0.4) is 0 Å². The fraction of sp³-hybridized carbons (Fsp3) is 0.667. The molecule has 0 bridgehead atoms. The normalized spacial score (nSPS) is 18.7. The zero-order valence-electron chi connectivity index (χ0n) is 15.9. The third-order valence-corrected chi connectivity index (χ3v) is 7.12. The van der Waals surface area contributed by atoms with E-state index in [-0.39, 0.29) is 11.5 Å². The van der Waals surface area contributed by atoms with Crippen molar-refractivity contribution in [1.29, 1.82) is 0 Å². The molecule has 1 fully saturated rings. The Morgan fingerprint density at radius 3 is 2.63 bits per heavy atom. The van der Waals surface area contributed by atoms with E-state index >= 15 is 0 Å². The van der Waals surface area contributed by atoms with Crippen LogP contribution in [0.25, 0.3) is 10.2 Å². The quantitative estimate of drug-likeness (QED) is 0.832. The Hall–Kier alpha value is -1.69. The molecule has 27 heavy (non-hydrogen) atoms. The minimum Gasteiger partial charge on any atom is -0.353 e. The van der Waals surface area contributed by atoms with E-state index in [1.807, 2.05) is 0 Å². The Balaban J connectivity index is 1.40. The van der Waals surface area contributed by atoms with Gasteiger partial charge in [0.15, 0.2) is 0 Å². The monoisotopic (exact) mass is 387 g/mol. The summed E-state index contributed by atoms with van der Waals surface area (Å²) in [6, 6.07) is 0.316. The molecule has 2 aliphatic carbocycles. The molecule has 2 N–H and O–H groups in total. The van der Waals surface area contributed by atoms with Gasteiger partial charge in [-0.3, -0.25) is 9.59 Å². The summed E-state index contributed by atoms with van der Waals surface area (Å²) < 4.78 is 0. The summed E-state index contributed by atoms with van der Waals surface area (Å²) in [6.07, 6.45) is 13.8. The van der Waals surface area contributed by atoms with Gasteiger partial charge in [0.1, 0.15) is 10.7 Å². The van der Waals surface area contributed by atoms with Crippen molar-refractivity contribution in [2.24, 2.45) is 0 Å². The van der Waals surface area contributed by atoms with E-state index in [0.29, 0.717) is 24.7 Å². The highest BCUT2D eigenvalue weighted by Crippen LogP contribution is 2.33. The molecule has 0 aromatic carbocycles. The number of thiophene rings is 1. The third-order valence-electron chi connectivity index (χ3n) is 5.93. The average molecular weight is 388 g/mol. The predicted octanol–water partition coefficient (Wildman–Crippen LogP) is 4.03. The van der Waals surface area contributed by atoms with E-state index in [9.17, 15) is 9.59 Å². The summed E-state index contributed by atoms with van der Waals surface area (Å²) in [6.45, 7) is 0. The first kappa shape index (κ1) is 18.7. The van der Waals surface area contributed by atoms with Gasteiger partial charge in [-0.15, -0.1) is 11.3 Å². The molecule has 2 aromatic rings. The molecule has 0 atom stereocenters. The standard InChI is InChI=1S/C21H29N3O2S/c25-18(22-14-8-4-2-1-3-5-9-14)13-12-17-23-20(26)19-15-10-6-7-11-16(15)27-21(19)24-17/h14H,1-13H2,(H,22,25)(H,23,24,26). The molecule has 0 spiro atoms. The minimum absolute atomic E-state index is 0.0326. The maximum atomic E-state index is 12.6. The van der Waals surface area contributed by atoms with E-state index in [1.165, 1.54) is 49.0 Å². The number of nitrogens with zero attached hydrogens (tertiary/aromatic N) is 1. The van der Waals surface area contributed by atoms with E-state index in [2.05, 4.69) is 15.3 Å². The number of aromatic amines is 1. The second-order valence-electron chi connectivity index (χ2n) is 8.01. The number of hydrogen-bond donors (Lipinski definition) is 2. The first-order valence-electron chi connectivity index (χ1n) is 10.5. The maximum absolute atomic E-state index is 12.6. The van der Waals surface area contributed by atoms with Crippen LogP contribution in [0.5, 0.6) is 0 Å². The molecular formula is C21H29N3O2S. The van der Waals surface area contributed by atoms with Crippen molar-refractivity contribution in [3.05, 3.63) is 26.6 Å². The number of H-pyrrole nitrogens is 1. The zero-order chi connectivity index (χ0) is 18.6. The number of carbonyl (C=O) groups excluding carboxylic acids is 1. The van der Waals surface area contributed by atoms with Crippen molar-refractivity contribution in [3.8, 4) is 0 Å². The number of hydrogen-bond acceptors (Lipinski definition) is 4. The van der Waals surface area contributed by atoms with Gasteiger partial charge in [-0.2, -0.15) is 0 Å². The SMILES string of the molecule is O=C(CCc1nc2sc3c(c2c(=O)[nH]1)CCCC3)NC1CCCCCCC1. The molecule has 1 saturated carbocycles.